The second-order valence-electron chi connectivity index (χ2n) is 17.5. The largest absolute Gasteiger partial charge is 0.310 e. The van der Waals surface area contributed by atoms with Crippen molar-refractivity contribution >= 4 is 79.2 Å². The van der Waals surface area contributed by atoms with Gasteiger partial charge in [0.1, 0.15) is 0 Å². The molecule has 1 spiro atoms. The zero-order valence-corrected chi connectivity index (χ0v) is 38.0. The summed E-state index contributed by atoms with van der Waals surface area (Å²) >= 11 is 1.90. The van der Waals surface area contributed by atoms with Gasteiger partial charge in [-0.25, -0.2) is 0 Å². The molecule has 66 heavy (non-hydrogen) atoms. The third-order valence-corrected chi connectivity index (χ3v) is 20.3. The van der Waals surface area contributed by atoms with Crippen molar-refractivity contribution in [2.24, 2.45) is 0 Å². The van der Waals surface area contributed by atoms with Crippen LogP contribution in [0.2, 0.25) is 0 Å². The first-order valence-corrected chi connectivity index (χ1v) is 25.7. The number of rotatable bonds is 6. The van der Waals surface area contributed by atoms with Crippen LogP contribution in [0.15, 0.2) is 271 Å². The molecule has 0 N–H and O–H groups in total. The monoisotopic (exact) mass is 873 g/mol. The Balaban J connectivity index is 1.13. The molecule has 0 radical (unpaired) electrons. The number of fused-ring (bicyclic) bond motifs is 11. The summed E-state index contributed by atoms with van der Waals surface area (Å²) in [6, 6.07) is 98.2. The number of nitrogens with zero attached hydrogens (tertiary/aromatic N) is 1. The standard InChI is InChI=1S/C63H43NSSi/c1-4-20-44(21-5-1)45-36-38-47(39-37-45)64(58-42-46-22-10-11-27-51(46)52-28-12-13-29-53(52)58)48-40-41-60-57(43-48)63(54-30-14-17-33-59(54)65-60)55-31-15-18-34-61(55)66(49-23-6-2-7-24-49,50-25-8-3-9-26-50)62-35-19-16-32-56(62)63/h1-43H. The Morgan fingerprint density at radius 2 is 0.818 bits per heavy atom. The number of anilines is 3. The number of benzene rings is 11. The molecule has 0 saturated carbocycles. The lowest BCUT2D eigenvalue weighted by molar-refractivity contribution is 0.707. The molecule has 11 aromatic carbocycles. The van der Waals surface area contributed by atoms with E-state index in [1.165, 1.54) is 85.5 Å². The molecule has 0 atom stereocenters. The normalized spacial score (nSPS) is 13.9. The van der Waals surface area contributed by atoms with E-state index in [2.05, 4.69) is 266 Å². The molecule has 310 valence electrons. The van der Waals surface area contributed by atoms with Gasteiger partial charge in [0.25, 0.3) is 0 Å². The van der Waals surface area contributed by atoms with E-state index in [0.29, 0.717) is 0 Å². The summed E-state index contributed by atoms with van der Waals surface area (Å²) in [4.78, 5) is 5.08. The molecule has 0 amide bonds. The summed E-state index contributed by atoms with van der Waals surface area (Å²) < 4.78 is 0. The zero-order chi connectivity index (χ0) is 43.7. The van der Waals surface area contributed by atoms with E-state index in [9.17, 15) is 0 Å². The Bertz CT molecular complexity index is 3530. The molecule has 0 aliphatic carbocycles. The molecule has 2 aliphatic rings. The molecule has 0 bridgehead atoms. The smallest absolute Gasteiger partial charge is 0.180 e. The number of hydrogen-bond donors (Lipinski definition) is 0. The Morgan fingerprint density at radius 1 is 0.333 bits per heavy atom. The summed E-state index contributed by atoms with van der Waals surface area (Å²) in [6.45, 7) is 0. The van der Waals surface area contributed by atoms with Crippen molar-refractivity contribution in [1.82, 2.24) is 0 Å². The van der Waals surface area contributed by atoms with E-state index in [1.807, 2.05) is 11.8 Å². The van der Waals surface area contributed by atoms with Gasteiger partial charge in [-0.05, 0) is 113 Å². The van der Waals surface area contributed by atoms with E-state index in [0.717, 1.165) is 17.1 Å². The van der Waals surface area contributed by atoms with Gasteiger partial charge in [-0.1, -0.05) is 230 Å². The molecule has 2 heterocycles. The van der Waals surface area contributed by atoms with Gasteiger partial charge in [-0.3, -0.25) is 0 Å². The van der Waals surface area contributed by atoms with Crippen LogP contribution in [-0.2, 0) is 5.41 Å². The summed E-state index contributed by atoms with van der Waals surface area (Å²) in [7, 11) is -2.88. The molecule has 2 aliphatic heterocycles. The van der Waals surface area contributed by atoms with Crippen molar-refractivity contribution in [3.05, 3.63) is 283 Å². The zero-order valence-electron chi connectivity index (χ0n) is 36.2. The van der Waals surface area contributed by atoms with Crippen LogP contribution in [0.5, 0.6) is 0 Å². The minimum absolute atomic E-state index is 0.616. The summed E-state index contributed by atoms with van der Waals surface area (Å²) in [5.74, 6) is 0. The van der Waals surface area contributed by atoms with Crippen molar-refractivity contribution in [3.8, 4) is 11.1 Å². The van der Waals surface area contributed by atoms with Crippen LogP contribution in [-0.4, -0.2) is 8.07 Å². The Labute approximate surface area is 391 Å². The predicted molar refractivity (Wildman–Crippen MR) is 281 cm³/mol. The average molecular weight is 874 g/mol. The van der Waals surface area contributed by atoms with Crippen LogP contribution in [0.25, 0.3) is 32.7 Å². The van der Waals surface area contributed by atoms with Crippen molar-refractivity contribution in [1.29, 1.82) is 0 Å². The second kappa shape index (κ2) is 15.5. The van der Waals surface area contributed by atoms with E-state index in [1.54, 1.807) is 0 Å². The lowest BCUT2D eigenvalue weighted by atomic mass is 9.64. The first-order chi connectivity index (χ1) is 32.7. The fourth-order valence-electron chi connectivity index (χ4n) is 11.6. The molecule has 0 aromatic heterocycles. The van der Waals surface area contributed by atoms with E-state index in [4.69, 9.17) is 0 Å². The first-order valence-electron chi connectivity index (χ1n) is 22.8. The van der Waals surface area contributed by atoms with E-state index < -0.39 is 13.5 Å². The summed E-state index contributed by atoms with van der Waals surface area (Å²) in [6.07, 6.45) is 0. The van der Waals surface area contributed by atoms with Gasteiger partial charge in [0.2, 0.25) is 0 Å². The maximum absolute atomic E-state index is 2.88. The van der Waals surface area contributed by atoms with Gasteiger partial charge in [0, 0.05) is 26.6 Å². The highest BCUT2D eigenvalue weighted by Gasteiger charge is 2.57. The van der Waals surface area contributed by atoms with Gasteiger partial charge < -0.3 is 4.90 Å². The van der Waals surface area contributed by atoms with Gasteiger partial charge >= 0.3 is 0 Å². The van der Waals surface area contributed by atoms with E-state index in [-0.39, 0.29) is 0 Å². The molecule has 13 rings (SSSR count). The van der Waals surface area contributed by atoms with E-state index >= 15 is 0 Å². The fraction of sp³-hybridized carbons (Fsp3) is 0.0159. The van der Waals surface area contributed by atoms with Crippen LogP contribution >= 0.6 is 11.8 Å². The Morgan fingerprint density at radius 3 is 1.48 bits per heavy atom. The SMILES string of the molecule is c1ccc(-c2ccc(N(c3ccc4c(c3)C3(c5ccccc5S4)c4ccccc4[Si](c4ccccc4)(c4ccccc4)c4ccccc43)c3cc4ccccc4c4ccccc34)cc2)cc1. The average Bonchev–Trinajstić information content (AvgIpc) is 3.40. The molecule has 0 unspecified atom stereocenters. The summed E-state index contributed by atoms with van der Waals surface area (Å²) in [5, 5.41) is 10.6. The molecule has 1 nitrogen and oxygen atoms in total. The molecule has 11 aromatic rings. The lowest BCUT2D eigenvalue weighted by Gasteiger charge is -2.51. The van der Waals surface area contributed by atoms with Gasteiger partial charge in [-0.2, -0.15) is 0 Å². The van der Waals surface area contributed by atoms with Crippen LogP contribution in [0.1, 0.15) is 22.3 Å². The fourth-order valence-corrected chi connectivity index (χ4v) is 18.0. The van der Waals surface area contributed by atoms with Crippen LogP contribution < -0.4 is 25.6 Å². The third-order valence-electron chi connectivity index (χ3n) is 14.2. The molecular weight excluding hydrogens is 831 g/mol. The number of hydrogen-bond acceptors (Lipinski definition) is 2. The van der Waals surface area contributed by atoms with Crippen molar-refractivity contribution in [2.75, 3.05) is 4.90 Å². The second-order valence-corrected chi connectivity index (χ2v) is 22.3. The highest BCUT2D eigenvalue weighted by Crippen LogP contribution is 2.58. The van der Waals surface area contributed by atoms with Crippen molar-refractivity contribution in [3.63, 3.8) is 0 Å². The van der Waals surface area contributed by atoms with Crippen molar-refractivity contribution in [2.45, 2.75) is 15.2 Å². The maximum atomic E-state index is 2.54. The Hall–Kier alpha value is -7.69. The van der Waals surface area contributed by atoms with Gasteiger partial charge in [-0.15, -0.1) is 0 Å². The quantitative estimate of drug-likeness (QED) is 0.121. The van der Waals surface area contributed by atoms with Crippen LogP contribution in [0.4, 0.5) is 17.1 Å². The van der Waals surface area contributed by atoms with Gasteiger partial charge in [0.05, 0.1) is 11.1 Å². The Kier molecular flexibility index (Phi) is 9.09. The van der Waals surface area contributed by atoms with Crippen molar-refractivity contribution < 1.29 is 0 Å². The maximum Gasteiger partial charge on any atom is 0.180 e. The van der Waals surface area contributed by atoms with Crippen LogP contribution in [0.3, 0.4) is 0 Å². The first kappa shape index (κ1) is 38.7. The van der Waals surface area contributed by atoms with Gasteiger partial charge in [0.15, 0.2) is 8.07 Å². The summed E-state index contributed by atoms with van der Waals surface area (Å²) in [5.41, 5.74) is 10.5. The topological polar surface area (TPSA) is 3.24 Å². The lowest BCUT2D eigenvalue weighted by Crippen LogP contribution is -2.79. The van der Waals surface area contributed by atoms with Crippen LogP contribution in [0, 0.1) is 0 Å². The molecule has 0 saturated heterocycles. The molecule has 3 heteroatoms. The molecular formula is C63H43NSSi. The molecule has 0 fully saturated rings. The highest BCUT2D eigenvalue weighted by molar-refractivity contribution is 7.99. The predicted octanol–water partition coefficient (Wildman–Crippen LogP) is 13.7. The minimum Gasteiger partial charge on any atom is -0.310 e. The highest BCUT2D eigenvalue weighted by atomic mass is 32.2. The minimum atomic E-state index is -2.88. The third kappa shape index (κ3) is 5.67.